The van der Waals surface area contributed by atoms with Crippen LogP contribution in [0.15, 0.2) is 23.9 Å². The van der Waals surface area contributed by atoms with Crippen molar-refractivity contribution in [1.29, 1.82) is 0 Å². The lowest BCUT2D eigenvalue weighted by atomic mass is 9.95. The van der Waals surface area contributed by atoms with Crippen LogP contribution < -0.4 is 5.32 Å². The molecule has 0 fully saturated rings. The third-order valence-electron chi connectivity index (χ3n) is 2.13. The van der Waals surface area contributed by atoms with Gasteiger partial charge < -0.3 is 16.0 Å². The van der Waals surface area contributed by atoms with Gasteiger partial charge in [0, 0.05) is 23.8 Å². The highest BCUT2D eigenvalue weighted by atomic mass is 16.3. The minimum Gasteiger partial charge on any atom is -0.374 e. The molecule has 0 aromatic carbocycles. The second-order valence-electron chi connectivity index (χ2n) is 3.32. The first-order valence-corrected chi connectivity index (χ1v) is 4.73. The first-order chi connectivity index (χ1) is 6.67. The van der Waals surface area contributed by atoms with Gasteiger partial charge in [-0.25, -0.2) is 0 Å². The number of aliphatic hydroxyl groups is 1. The van der Waals surface area contributed by atoms with E-state index < -0.39 is 6.23 Å². The van der Waals surface area contributed by atoms with Gasteiger partial charge in [0.15, 0.2) is 0 Å². The van der Waals surface area contributed by atoms with Gasteiger partial charge in [0.05, 0.1) is 0 Å². The van der Waals surface area contributed by atoms with Crippen molar-refractivity contribution in [2.45, 2.75) is 26.5 Å². The standard InChI is InChI=1S/C10H15N3O/c1-3-8-4-5-9(13-11)6-10(8)12-7(2)14/h4-8,12,14H,3H2,1-2H3. The van der Waals surface area contributed by atoms with Crippen molar-refractivity contribution in [3.05, 3.63) is 29.5 Å². The molecule has 4 nitrogen and oxygen atoms in total. The molecule has 0 saturated heterocycles. The molecule has 76 valence electrons. The molecular weight excluding hydrogens is 178 g/mol. The Balaban J connectivity index is 2.85. The maximum absolute atomic E-state index is 9.20. The normalized spacial score (nSPS) is 22.6. The number of hydrogen-bond acceptors (Lipinski definition) is 2. The van der Waals surface area contributed by atoms with Gasteiger partial charge in [-0.05, 0) is 13.3 Å². The fourth-order valence-corrected chi connectivity index (χ4v) is 1.44. The van der Waals surface area contributed by atoms with E-state index in [4.69, 9.17) is 5.53 Å². The highest BCUT2D eigenvalue weighted by Crippen LogP contribution is 2.18. The summed E-state index contributed by atoms with van der Waals surface area (Å²) in [5.41, 5.74) is 9.99. The fourth-order valence-electron chi connectivity index (χ4n) is 1.44. The summed E-state index contributed by atoms with van der Waals surface area (Å²) in [6, 6.07) is 0. The Labute approximate surface area is 83.6 Å². The molecule has 0 aromatic rings. The molecule has 1 rings (SSSR count). The molecule has 0 heterocycles. The monoisotopic (exact) mass is 193 g/mol. The van der Waals surface area contributed by atoms with Crippen molar-refractivity contribution in [3.8, 4) is 0 Å². The Bertz CT molecular complexity index is 311. The predicted molar refractivity (Wildman–Crippen MR) is 54.4 cm³/mol. The van der Waals surface area contributed by atoms with Crippen LogP contribution >= 0.6 is 0 Å². The molecule has 0 saturated carbocycles. The van der Waals surface area contributed by atoms with E-state index in [9.17, 15) is 5.11 Å². The van der Waals surface area contributed by atoms with Crippen molar-refractivity contribution < 1.29 is 9.90 Å². The molecule has 4 heteroatoms. The van der Waals surface area contributed by atoms with Crippen molar-refractivity contribution in [2.24, 2.45) is 5.92 Å². The van der Waals surface area contributed by atoms with Crippen molar-refractivity contribution >= 4 is 5.71 Å². The van der Waals surface area contributed by atoms with Gasteiger partial charge in [0.25, 0.3) is 0 Å². The minimum atomic E-state index is -0.596. The molecule has 14 heavy (non-hydrogen) atoms. The summed E-state index contributed by atoms with van der Waals surface area (Å²) in [6.07, 6.45) is 5.81. The largest absolute Gasteiger partial charge is 0.374 e. The summed E-state index contributed by atoms with van der Waals surface area (Å²) in [7, 11) is 0. The predicted octanol–water partition coefficient (Wildman–Crippen LogP) is 1.06. The Hall–Kier alpha value is -1.38. The number of nitrogens with one attached hydrogen (secondary N) is 1. The molecule has 2 atom stereocenters. The first-order valence-electron chi connectivity index (χ1n) is 4.73. The van der Waals surface area contributed by atoms with Crippen molar-refractivity contribution in [3.63, 3.8) is 0 Å². The first kappa shape index (κ1) is 10.7. The van der Waals surface area contributed by atoms with Crippen LogP contribution in [0.1, 0.15) is 20.3 Å². The molecule has 2 N–H and O–H groups in total. The summed E-state index contributed by atoms with van der Waals surface area (Å²) in [5.74, 6) is 0.259. The Morgan fingerprint density at radius 1 is 1.71 bits per heavy atom. The van der Waals surface area contributed by atoms with Gasteiger partial charge in [0.1, 0.15) is 6.23 Å². The van der Waals surface area contributed by atoms with Crippen LogP contribution in [0.5, 0.6) is 0 Å². The van der Waals surface area contributed by atoms with Crippen LogP contribution in [-0.2, 0) is 0 Å². The molecule has 0 amide bonds. The fraction of sp³-hybridized carbons (Fsp3) is 0.500. The molecule has 0 aliphatic heterocycles. The summed E-state index contributed by atoms with van der Waals surface area (Å²) in [5, 5.41) is 12.1. The number of aliphatic hydroxyl groups excluding tert-OH is 1. The Morgan fingerprint density at radius 2 is 2.43 bits per heavy atom. The zero-order valence-corrected chi connectivity index (χ0v) is 8.44. The number of allylic oxidation sites excluding steroid dienone is 3. The van der Waals surface area contributed by atoms with Crippen LogP contribution in [-0.4, -0.2) is 21.8 Å². The van der Waals surface area contributed by atoms with Crippen LogP contribution in [0.3, 0.4) is 0 Å². The second kappa shape index (κ2) is 4.74. The molecule has 1 aliphatic carbocycles. The zero-order chi connectivity index (χ0) is 10.6. The quantitative estimate of drug-likeness (QED) is 0.400. The SMILES string of the molecule is CCC1C=CC(=[N+]=[N-])C=C1NC(C)O. The molecular formula is C10H15N3O. The highest BCUT2D eigenvalue weighted by molar-refractivity contribution is 6.01. The lowest BCUT2D eigenvalue weighted by Crippen LogP contribution is -2.30. The molecule has 2 unspecified atom stereocenters. The summed E-state index contributed by atoms with van der Waals surface area (Å²) in [6.45, 7) is 3.72. The van der Waals surface area contributed by atoms with Gasteiger partial charge in [-0.1, -0.05) is 13.0 Å². The topological polar surface area (TPSA) is 68.7 Å². The third kappa shape index (κ3) is 2.55. The number of nitrogens with zero attached hydrogens (tertiary/aromatic N) is 2. The average molecular weight is 193 g/mol. The molecule has 0 aromatic heterocycles. The van der Waals surface area contributed by atoms with Gasteiger partial charge in [-0.15, -0.1) is 0 Å². The van der Waals surface area contributed by atoms with E-state index in [1.165, 1.54) is 0 Å². The van der Waals surface area contributed by atoms with Gasteiger partial charge in [-0.3, -0.25) is 0 Å². The molecule has 0 radical (unpaired) electrons. The van der Waals surface area contributed by atoms with Crippen LogP contribution in [0.2, 0.25) is 0 Å². The second-order valence-corrected chi connectivity index (χ2v) is 3.32. The molecule has 1 aliphatic rings. The van der Waals surface area contributed by atoms with E-state index in [0.717, 1.165) is 12.1 Å². The van der Waals surface area contributed by atoms with E-state index in [1.807, 2.05) is 6.08 Å². The Kier molecular flexibility index (Phi) is 3.63. The molecule has 0 bridgehead atoms. The average Bonchev–Trinajstić information content (AvgIpc) is 2.16. The summed E-state index contributed by atoms with van der Waals surface area (Å²) >= 11 is 0. The van der Waals surface area contributed by atoms with Gasteiger partial charge in [-0.2, -0.15) is 4.79 Å². The number of hydrogen-bond donors (Lipinski definition) is 2. The van der Waals surface area contributed by atoms with Gasteiger partial charge >= 0.3 is 5.71 Å². The van der Waals surface area contributed by atoms with E-state index in [1.54, 1.807) is 19.1 Å². The highest BCUT2D eigenvalue weighted by Gasteiger charge is 2.18. The lowest BCUT2D eigenvalue weighted by Gasteiger charge is -2.20. The van der Waals surface area contributed by atoms with E-state index >= 15 is 0 Å². The zero-order valence-electron chi connectivity index (χ0n) is 8.44. The van der Waals surface area contributed by atoms with Crippen molar-refractivity contribution in [2.75, 3.05) is 0 Å². The maximum Gasteiger partial charge on any atom is 0.316 e. The maximum atomic E-state index is 9.20. The van der Waals surface area contributed by atoms with Crippen LogP contribution in [0.25, 0.3) is 5.53 Å². The minimum absolute atomic E-state index is 0.259. The van der Waals surface area contributed by atoms with E-state index in [2.05, 4.69) is 17.0 Å². The van der Waals surface area contributed by atoms with Crippen LogP contribution in [0.4, 0.5) is 0 Å². The summed E-state index contributed by atoms with van der Waals surface area (Å²) in [4.78, 5) is 3.11. The Morgan fingerprint density at radius 3 is 2.93 bits per heavy atom. The molecule has 0 spiro atoms. The number of rotatable bonds is 3. The van der Waals surface area contributed by atoms with E-state index in [0.29, 0.717) is 5.71 Å². The lowest BCUT2D eigenvalue weighted by molar-refractivity contribution is -0.00184. The van der Waals surface area contributed by atoms with E-state index in [-0.39, 0.29) is 5.92 Å². The smallest absolute Gasteiger partial charge is 0.316 e. The van der Waals surface area contributed by atoms with Crippen LogP contribution in [0, 0.1) is 5.92 Å². The third-order valence-corrected chi connectivity index (χ3v) is 2.13. The van der Waals surface area contributed by atoms with Gasteiger partial charge in [0.2, 0.25) is 0 Å². The summed E-state index contributed by atoms with van der Waals surface area (Å²) < 4.78 is 0. The van der Waals surface area contributed by atoms with Crippen molar-refractivity contribution in [1.82, 2.24) is 5.32 Å².